The number of para-hydroxylation sites is 1. The fraction of sp³-hybridized carbons (Fsp3) is 0.200. The van der Waals surface area contributed by atoms with Crippen LogP contribution in [0.2, 0.25) is 0 Å². The summed E-state index contributed by atoms with van der Waals surface area (Å²) in [5.41, 5.74) is 4.56. The zero-order chi connectivity index (χ0) is 19.6. The number of hydrogen-bond acceptors (Lipinski definition) is 4. The quantitative estimate of drug-likeness (QED) is 0.501. The molecule has 0 fully saturated rings. The second-order valence-corrected chi connectivity index (χ2v) is 7.75. The Bertz CT molecular complexity index is 1080. The van der Waals surface area contributed by atoms with Crippen LogP contribution in [-0.2, 0) is 10.0 Å². The molecule has 6 nitrogen and oxygen atoms in total. The van der Waals surface area contributed by atoms with Crippen LogP contribution in [0.5, 0.6) is 0 Å². The third kappa shape index (κ3) is 3.78. The number of aromatic nitrogens is 2. The van der Waals surface area contributed by atoms with E-state index in [9.17, 15) is 13.5 Å². The molecule has 2 aromatic carbocycles. The highest BCUT2D eigenvalue weighted by Gasteiger charge is 2.17. The predicted octanol–water partition coefficient (Wildman–Crippen LogP) is 3.01. The first-order chi connectivity index (χ1) is 12.8. The lowest BCUT2D eigenvalue weighted by atomic mass is 10.1. The van der Waals surface area contributed by atoms with Crippen LogP contribution >= 0.6 is 0 Å². The molecule has 1 aromatic heterocycles. The highest BCUT2D eigenvalue weighted by Crippen LogP contribution is 2.29. The zero-order valence-corrected chi connectivity index (χ0v) is 16.2. The average molecular weight is 382 g/mol. The average Bonchev–Trinajstić information content (AvgIpc) is 2.97. The van der Waals surface area contributed by atoms with Gasteiger partial charge in [0.1, 0.15) is 0 Å². The van der Waals surface area contributed by atoms with Crippen molar-refractivity contribution in [2.75, 3.05) is 0 Å². The molecule has 0 radical (unpaired) electrons. The summed E-state index contributed by atoms with van der Waals surface area (Å²) in [6.45, 7) is 5.49. The summed E-state index contributed by atoms with van der Waals surface area (Å²) in [5.74, 6) is -0.660. The Labute approximate surface area is 158 Å². The highest BCUT2D eigenvalue weighted by atomic mass is 32.2. The third-order valence-electron chi connectivity index (χ3n) is 4.31. The van der Waals surface area contributed by atoms with Crippen LogP contribution in [0.15, 0.2) is 63.9 Å². The van der Waals surface area contributed by atoms with Crippen molar-refractivity contribution in [1.29, 1.82) is 0 Å². The molecule has 0 unspecified atom stereocenters. The molecular weight excluding hydrogens is 362 g/mol. The van der Waals surface area contributed by atoms with Crippen LogP contribution in [0.1, 0.15) is 24.6 Å². The van der Waals surface area contributed by atoms with Gasteiger partial charge in [-0.2, -0.15) is 17.9 Å². The monoisotopic (exact) mass is 382 g/mol. The minimum atomic E-state index is -3.98. The van der Waals surface area contributed by atoms with Gasteiger partial charge in [0.15, 0.2) is 0 Å². The SMILES string of the molecule is CC/C([O-])=N/S(=O)(=O)c1ccc(-c2c(C)c(C)nn2-c2ccccc2)cc1. The Morgan fingerprint density at radius 1 is 1.07 bits per heavy atom. The Hall–Kier alpha value is -2.93. The van der Waals surface area contributed by atoms with Crippen LogP contribution in [0.3, 0.4) is 0 Å². The van der Waals surface area contributed by atoms with E-state index in [0.717, 1.165) is 28.2 Å². The van der Waals surface area contributed by atoms with Crippen molar-refractivity contribution >= 4 is 15.9 Å². The standard InChI is InChI=1S/C20H21N3O3S/c1-4-19(24)22-27(25,26)18-12-10-16(11-13-18)20-14(2)15(3)21-23(20)17-8-6-5-7-9-17/h5-13H,4H2,1-3H3,(H,22,24)/p-1. The molecule has 0 saturated heterocycles. The molecule has 7 heteroatoms. The number of benzene rings is 2. The molecule has 140 valence electrons. The normalized spacial score (nSPS) is 12.3. The topological polar surface area (TPSA) is 87.4 Å². The minimum Gasteiger partial charge on any atom is -0.861 e. The van der Waals surface area contributed by atoms with Crippen molar-refractivity contribution in [3.63, 3.8) is 0 Å². The second-order valence-electron chi connectivity index (χ2n) is 6.14. The fourth-order valence-electron chi connectivity index (χ4n) is 2.74. The molecule has 1 heterocycles. The van der Waals surface area contributed by atoms with Crippen LogP contribution in [0.4, 0.5) is 0 Å². The predicted molar refractivity (Wildman–Crippen MR) is 103 cm³/mol. The number of rotatable bonds is 5. The van der Waals surface area contributed by atoms with Gasteiger partial charge < -0.3 is 5.11 Å². The Morgan fingerprint density at radius 3 is 2.30 bits per heavy atom. The molecule has 0 aliphatic rings. The molecule has 0 spiro atoms. The van der Waals surface area contributed by atoms with Crippen molar-refractivity contribution in [2.24, 2.45) is 4.40 Å². The van der Waals surface area contributed by atoms with Crippen molar-refractivity contribution in [1.82, 2.24) is 9.78 Å². The maximum Gasteiger partial charge on any atom is 0.281 e. The summed E-state index contributed by atoms with van der Waals surface area (Å²) < 4.78 is 29.6. The summed E-state index contributed by atoms with van der Waals surface area (Å²) in [5, 5.41) is 16.0. The summed E-state index contributed by atoms with van der Waals surface area (Å²) in [6.07, 6.45) is 0.0477. The molecule has 0 N–H and O–H groups in total. The lowest BCUT2D eigenvalue weighted by Gasteiger charge is -2.10. The van der Waals surface area contributed by atoms with Crippen molar-refractivity contribution < 1.29 is 13.5 Å². The summed E-state index contributed by atoms with van der Waals surface area (Å²) >= 11 is 0. The van der Waals surface area contributed by atoms with E-state index in [2.05, 4.69) is 9.50 Å². The van der Waals surface area contributed by atoms with E-state index >= 15 is 0 Å². The Balaban J connectivity index is 2.07. The number of nitrogens with zero attached hydrogens (tertiary/aromatic N) is 3. The Kier molecular flexibility index (Phi) is 5.14. The lowest BCUT2D eigenvalue weighted by Crippen LogP contribution is -2.18. The van der Waals surface area contributed by atoms with Gasteiger partial charge in [0.05, 0.1) is 22.0 Å². The third-order valence-corrected chi connectivity index (χ3v) is 5.62. The van der Waals surface area contributed by atoms with Gasteiger partial charge in [-0.15, -0.1) is 0 Å². The lowest BCUT2D eigenvalue weighted by molar-refractivity contribution is -0.217. The van der Waals surface area contributed by atoms with Gasteiger partial charge in [0.2, 0.25) is 0 Å². The van der Waals surface area contributed by atoms with E-state index in [1.807, 2.05) is 48.9 Å². The van der Waals surface area contributed by atoms with E-state index < -0.39 is 15.9 Å². The van der Waals surface area contributed by atoms with Crippen molar-refractivity contribution in [2.45, 2.75) is 32.1 Å². The maximum absolute atomic E-state index is 12.2. The Morgan fingerprint density at radius 2 is 1.70 bits per heavy atom. The fourth-order valence-corrected chi connectivity index (χ4v) is 3.72. The van der Waals surface area contributed by atoms with Gasteiger partial charge in [0.25, 0.3) is 10.0 Å². The number of aryl methyl sites for hydroxylation is 1. The number of hydrogen-bond donors (Lipinski definition) is 0. The molecule has 27 heavy (non-hydrogen) atoms. The molecule has 0 aliphatic carbocycles. The van der Waals surface area contributed by atoms with Gasteiger partial charge in [-0.1, -0.05) is 37.3 Å². The van der Waals surface area contributed by atoms with E-state index in [0.29, 0.717) is 0 Å². The minimum absolute atomic E-state index is 0.00629. The first-order valence-electron chi connectivity index (χ1n) is 8.56. The van der Waals surface area contributed by atoms with Crippen LogP contribution < -0.4 is 5.11 Å². The van der Waals surface area contributed by atoms with Crippen LogP contribution in [-0.4, -0.2) is 24.1 Å². The van der Waals surface area contributed by atoms with E-state index in [4.69, 9.17) is 0 Å². The van der Waals surface area contributed by atoms with Gasteiger partial charge in [0, 0.05) is 5.56 Å². The first-order valence-corrected chi connectivity index (χ1v) is 10.0. The van der Waals surface area contributed by atoms with Gasteiger partial charge in [-0.3, -0.25) is 0 Å². The van der Waals surface area contributed by atoms with E-state index in [1.54, 1.807) is 19.1 Å². The highest BCUT2D eigenvalue weighted by molar-refractivity contribution is 7.90. The molecule has 0 aliphatic heterocycles. The van der Waals surface area contributed by atoms with Crippen molar-refractivity contribution in [3.05, 3.63) is 65.9 Å². The first kappa shape index (κ1) is 18.8. The van der Waals surface area contributed by atoms with Crippen molar-refractivity contribution in [3.8, 4) is 16.9 Å². The smallest absolute Gasteiger partial charge is 0.281 e. The molecular formula is C20H20N3O3S-. The van der Waals surface area contributed by atoms with E-state index in [1.165, 1.54) is 12.1 Å². The zero-order valence-electron chi connectivity index (χ0n) is 15.4. The molecule has 3 aromatic rings. The van der Waals surface area contributed by atoms with Gasteiger partial charge >= 0.3 is 0 Å². The summed E-state index contributed by atoms with van der Waals surface area (Å²) in [7, 11) is -3.98. The summed E-state index contributed by atoms with van der Waals surface area (Å²) in [6, 6.07) is 16.1. The molecule has 0 amide bonds. The maximum atomic E-state index is 12.2. The van der Waals surface area contributed by atoms with E-state index in [-0.39, 0.29) is 11.3 Å². The molecule has 0 bridgehead atoms. The summed E-state index contributed by atoms with van der Waals surface area (Å²) in [4.78, 5) is -0.00629. The van der Waals surface area contributed by atoms with Gasteiger partial charge in [-0.05, 0) is 56.0 Å². The number of sulfonamides is 1. The largest absolute Gasteiger partial charge is 0.861 e. The van der Waals surface area contributed by atoms with Crippen LogP contribution in [0.25, 0.3) is 16.9 Å². The molecule has 0 saturated carbocycles. The second kappa shape index (κ2) is 7.36. The molecule has 0 atom stereocenters. The van der Waals surface area contributed by atoms with Gasteiger partial charge in [-0.25, -0.2) is 4.68 Å². The van der Waals surface area contributed by atoms with Crippen LogP contribution in [0, 0.1) is 13.8 Å². The molecule has 3 rings (SSSR count).